The fourth-order valence-corrected chi connectivity index (χ4v) is 4.04. The molecular formula is C16H16BrN3O2S. The molecule has 7 heteroatoms. The molecule has 3 amide bonds. The zero-order valence-corrected chi connectivity index (χ0v) is 15.4. The largest absolute Gasteiger partial charge is 0.333 e. The average Bonchev–Trinajstić information content (AvgIpc) is 2.97. The van der Waals surface area contributed by atoms with Gasteiger partial charge in [0.25, 0.3) is 5.91 Å². The van der Waals surface area contributed by atoms with E-state index in [0.717, 1.165) is 15.0 Å². The number of carbonyl (C=O) groups is 2. The van der Waals surface area contributed by atoms with E-state index in [-0.39, 0.29) is 24.5 Å². The molecule has 0 radical (unpaired) electrons. The second-order valence-corrected chi connectivity index (χ2v) is 7.59. The van der Waals surface area contributed by atoms with Crippen LogP contribution in [0.4, 0.5) is 9.80 Å². The summed E-state index contributed by atoms with van der Waals surface area (Å²) in [5.74, 6) is -0.205. The minimum atomic E-state index is -0.283. The van der Waals surface area contributed by atoms with Gasteiger partial charge in [0.15, 0.2) is 0 Å². The molecule has 120 valence electrons. The molecule has 1 atom stereocenters. The molecule has 0 aliphatic carbocycles. The van der Waals surface area contributed by atoms with Crippen LogP contribution < -0.4 is 4.90 Å². The van der Waals surface area contributed by atoms with Gasteiger partial charge in [-0.15, -0.1) is 11.3 Å². The molecule has 1 unspecified atom stereocenters. The maximum Gasteiger partial charge on any atom is 0.333 e. The lowest BCUT2D eigenvalue weighted by Crippen LogP contribution is -2.34. The number of nitrogens with zero attached hydrogens (tertiary/aromatic N) is 3. The lowest BCUT2D eigenvalue weighted by atomic mass is 10.1. The van der Waals surface area contributed by atoms with Crippen molar-refractivity contribution in [3.05, 3.63) is 45.0 Å². The Bertz CT molecular complexity index is 789. The molecule has 1 aliphatic heterocycles. The Labute approximate surface area is 147 Å². The van der Waals surface area contributed by atoms with E-state index in [2.05, 4.69) is 20.9 Å². The molecule has 1 saturated heterocycles. The van der Waals surface area contributed by atoms with Crippen molar-refractivity contribution in [1.82, 2.24) is 9.88 Å². The first-order valence-electron chi connectivity index (χ1n) is 7.21. The first-order valence-corrected chi connectivity index (χ1v) is 8.82. The molecule has 0 spiro atoms. The van der Waals surface area contributed by atoms with Crippen LogP contribution in [0.1, 0.15) is 29.2 Å². The van der Waals surface area contributed by atoms with E-state index in [0.29, 0.717) is 10.7 Å². The Balaban J connectivity index is 1.91. The summed E-state index contributed by atoms with van der Waals surface area (Å²) < 4.78 is 0.950. The Morgan fingerprint density at radius 2 is 2.04 bits per heavy atom. The molecule has 1 aromatic carbocycles. The van der Waals surface area contributed by atoms with Crippen molar-refractivity contribution in [2.75, 3.05) is 11.4 Å². The lowest BCUT2D eigenvalue weighted by Gasteiger charge is -2.24. The third-order valence-electron chi connectivity index (χ3n) is 3.87. The van der Waals surface area contributed by atoms with E-state index in [9.17, 15) is 9.59 Å². The number of hydrogen-bond donors (Lipinski definition) is 0. The summed E-state index contributed by atoms with van der Waals surface area (Å²) in [6.45, 7) is 5.71. The fraction of sp³-hybridized carbons (Fsp3) is 0.312. The Morgan fingerprint density at radius 1 is 1.30 bits per heavy atom. The highest BCUT2D eigenvalue weighted by molar-refractivity contribution is 9.10. The third-order valence-corrected chi connectivity index (χ3v) is 5.42. The summed E-state index contributed by atoms with van der Waals surface area (Å²) >= 11 is 4.81. The highest BCUT2D eigenvalue weighted by Crippen LogP contribution is 2.34. The number of rotatable bonds is 3. The minimum Gasteiger partial charge on any atom is -0.308 e. The van der Waals surface area contributed by atoms with E-state index in [1.807, 2.05) is 45.0 Å². The molecule has 5 nitrogen and oxygen atoms in total. The Kier molecular flexibility index (Phi) is 4.25. The normalized spacial score (nSPS) is 16.3. The number of amides is 3. The van der Waals surface area contributed by atoms with Gasteiger partial charge in [-0.25, -0.2) is 14.7 Å². The highest BCUT2D eigenvalue weighted by atomic mass is 79.9. The van der Waals surface area contributed by atoms with Gasteiger partial charge < -0.3 is 4.90 Å². The number of aryl methyl sites for hydroxylation is 2. The van der Waals surface area contributed by atoms with Gasteiger partial charge in [-0.3, -0.25) is 4.79 Å². The molecule has 1 aliphatic rings. The quantitative estimate of drug-likeness (QED) is 0.738. The number of halogens is 1. The van der Waals surface area contributed by atoms with Crippen molar-refractivity contribution < 1.29 is 9.59 Å². The van der Waals surface area contributed by atoms with Crippen molar-refractivity contribution >= 4 is 44.2 Å². The zero-order chi connectivity index (χ0) is 16.7. The second-order valence-electron chi connectivity index (χ2n) is 5.49. The van der Waals surface area contributed by atoms with Crippen LogP contribution in [0.25, 0.3) is 0 Å². The molecule has 0 saturated carbocycles. The topological polar surface area (TPSA) is 53.5 Å². The van der Waals surface area contributed by atoms with Gasteiger partial charge in [0.05, 0.1) is 16.7 Å². The van der Waals surface area contributed by atoms with Gasteiger partial charge in [0, 0.05) is 4.47 Å². The summed E-state index contributed by atoms with van der Waals surface area (Å²) in [4.78, 5) is 32.3. The number of aromatic nitrogens is 1. The zero-order valence-electron chi connectivity index (χ0n) is 13.0. The first-order chi connectivity index (χ1) is 10.9. The molecular weight excluding hydrogens is 378 g/mol. The van der Waals surface area contributed by atoms with Crippen LogP contribution in [-0.4, -0.2) is 28.4 Å². The van der Waals surface area contributed by atoms with Gasteiger partial charge in [-0.05, 0) is 38.5 Å². The Hall–Kier alpha value is -1.73. The van der Waals surface area contributed by atoms with Gasteiger partial charge >= 0.3 is 6.03 Å². The summed E-state index contributed by atoms with van der Waals surface area (Å²) in [5, 5.41) is 1.47. The number of thiazole rings is 1. The third kappa shape index (κ3) is 2.90. The molecule has 2 aromatic rings. The van der Waals surface area contributed by atoms with Crippen molar-refractivity contribution in [2.45, 2.75) is 26.8 Å². The minimum absolute atomic E-state index is 0.0862. The van der Waals surface area contributed by atoms with Crippen LogP contribution in [0.15, 0.2) is 28.7 Å². The standard InChI is InChI=1S/C16H16BrN3O2S/c1-9-15(23-11(3)18-9)20-14(21)8-19(16(20)22)10(2)12-5-4-6-13(17)7-12/h4-7,10H,8H2,1-3H3. The molecule has 1 aromatic heterocycles. The number of imide groups is 1. The van der Waals surface area contributed by atoms with Crippen LogP contribution in [0.3, 0.4) is 0 Å². The van der Waals surface area contributed by atoms with E-state index in [4.69, 9.17) is 0 Å². The number of hydrogen-bond acceptors (Lipinski definition) is 4. The molecule has 3 rings (SSSR count). The predicted molar refractivity (Wildman–Crippen MR) is 93.7 cm³/mol. The van der Waals surface area contributed by atoms with Crippen LogP contribution in [0.2, 0.25) is 0 Å². The number of anilines is 1. The Morgan fingerprint density at radius 3 is 2.65 bits per heavy atom. The second kappa shape index (κ2) is 6.05. The van der Waals surface area contributed by atoms with Gasteiger partial charge in [0.2, 0.25) is 0 Å². The maximum absolute atomic E-state index is 12.8. The summed E-state index contributed by atoms with van der Waals surface area (Å²) in [6, 6.07) is 7.32. The van der Waals surface area contributed by atoms with Gasteiger partial charge in [-0.2, -0.15) is 0 Å². The van der Waals surface area contributed by atoms with Crippen molar-refractivity contribution in [2.24, 2.45) is 0 Å². The molecule has 23 heavy (non-hydrogen) atoms. The van der Waals surface area contributed by atoms with E-state index in [1.165, 1.54) is 16.2 Å². The van der Waals surface area contributed by atoms with Gasteiger partial charge in [-0.1, -0.05) is 28.1 Å². The van der Waals surface area contributed by atoms with E-state index < -0.39 is 0 Å². The lowest BCUT2D eigenvalue weighted by molar-refractivity contribution is -0.116. The van der Waals surface area contributed by atoms with Crippen molar-refractivity contribution in [1.29, 1.82) is 0 Å². The number of carbonyl (C=O) groups excluding carboxylic acids is 2. The number of urea groups is 1. The van der Waals surface area contributed by atoms with Crippen LogP contribution >= 0.6 is 27.3 Å². The van der Waals surface area contributed by atoms with Crippen LogP contribution in [-0.2, 0) is 4.79 Å². The van der Waals surface area contributed by atoms with Crippen LogP contribution in [0.5, 0.6) is 0 Å². The summed E-state index contributed by atoms with van der Waals surface area (Å²) in [6.07, 6.45) is 0. The van der Waals surface area contributed by atoms with Crippen molar-refractivity contribution in [3.8, 4) is 0 Å². The maximum atomic E-state index is 12.8. The van der Waals surface area contributed by atoms with Crippen LogP contribution in [0, 0.1) is 13.8 Å². The van der Waals surface area contributed by atoms with E-state index >= 15 is 0 Å². The smallest absolute Gasteiger partial charge is 0.308 e. The van der Waals surface area contributed by atoms with E-state index in [1.54, 1.807) is 4.90 Å². The fourth-order valence-electron chi connectivity index (χ4n) is 2.70. The summed E-state index contributed by atoms with van der Waals surface area (Å²) in [7, 11) is 0. The van der Waals surface area contributed by atoms with Gasteiger partial charge in [0.1, 0.15) is 11.5 Å². The highest BCUT2D eigenvalue weighted by Gasteiger charge is 2.41. The molecule has 0 bridgehead atoms. The average molecular weight is 394 g/mol. The first kappa shape index (κ1) is 16.1. The summed E-state index contributed by atoms with van der Waals surface area (Å²) in [5.41, 5.74) is 1.70. The molecule has 1 fully saturated rings. The molecule has 0 N–H and O–H groups in total. The SMILES string of the molecule is Cc1nc(C)c(N2C(=O)CN(C(C)c3cccc(Br)c3)C2=O)s1. The molecule has 2 heterocycles. The van der Waals surface area contributed by atoms with Crippen molar-refractivity contribution in [3.63, 3.8) is 0 Å². The predicted octanol–water partition coefficient (Wildman–Crippen LogP) is 4.05. The monoisotopic (exact) mass is 393 g/mol. The number of benzene rings is 1.